The highest BCUT2D eigenvalue weighted by Gasteiger charge is 2.27. The van der Waals surface area contributed by atoms with E-state index in [0.717, 1.165) is 19.4 Å². The van der Waals surface area contributed by atoms with Crippen LogP contribution < -0.4 is 10.6 Å². The zero-order valence-electron chi connectivity index (χ0n) is 18.7. The van der Waals surface area contributed by atoms with E-state index in [9.17, 15) is 14.0 Å². The van der Waals surface area contributed by atoms with Crippen LogP contribution in [-0.2, 0) is 11.3 Å². The Hall–Kier alpha value is -3.85. The Labute approximate surface area is 196 Å². The van der Waals surface area contributed by atoms with Gasteiger partial charge in [0.25, 0.3) is 5.91 Å². The number of aromatic nitrogens is 2. The minimum atomic E-state index is -0.329. The number of rotatable bonds is 8. The van der Waals surface area contributed by atoms with Crippen molar-refractivity contribution in [1.29, 1.82) is 0 Å². The Kier molecular flexibility index (Phi) is 7.44. The van der Waals surface area contributed by atoms with Gasteiger partial charge in [0.05, 0.1) is 23.7 Å². The van der Waals surface area contributed by atoms with Gasteiger partial charge in [-0.2, -0.15) is 4.98 Å². The predicted molar refractivity (Wildman–Crippen MR) is 125 cm³/mol. The molecule has 9 heteroatoms. The SMILES string of the molecule is C=CCNC(=O)c1ccccc1NC(=O)C1CCCN(Cc2nc(-c3ccc(F)cc3)no2)C1. The summed E-state index contributed by atoms with van der Waals surface area (Å²) in [5.41, 5.74) is 1.56. The van der Waals surface area contributed by atoms with Crippen LogP contribution >= 0.6 is 0 Å². The number of amides is 2. The minimum Gasteiger partial charge on any atom is -0.349 e. The fourth-order valence-corrected chi connectivity index (χ4v) is 3.92. The molecule has 3 aromatic rings. The number of halogens is 1. The summed E-state index contributed by atoms with van der Waals surface area (Å²) in [5, 5.41) is 9.63. The first kappa shape index (κ1) is 23.3. The molecular formula is C25H26FN5O3. The van der Waals surface area contributed by atoms with Gasteiger partial charge in [0.15, 0.2) is 0 Å². The third-order valence-corrected chi connectivity index (χ3v) is 5.64. The summed E-state index contributed by atoms with van der Waals surface area (Å²) in [4.78, 5) is 31.9. The lowest BCUT2D eigenvalue weighted by molar-refractivity contribution is -0.121. The molecule has 8 nitrogen and oxygen atoms in total. The molecule has 0 spiro atoms. The molecule has 1 fully saturated rings. The van der Waals surface area contributed by atoms with Gasteiger partial charge in [-0.25, -0.2) is 4.39 Å². The van der Waals surface area contributed by atoms with Gasteiger partial charge in [0.2, 0.25) is 17.6 Å². The number of benzene rings is 2. The summed E-state index contributed by atoms with van der Waals surface area (Å²) in [6, 6.07) is 12.8. The Morgan fingerprint density at radius 2 is 2.00 bits per heavy atom. The average molecular weight is 464 g/mol. The van der Waals surface area contributed by atoms with Crippen LogP contribution in [0.4, 0.5) is 10.1 Å². The lowest BCUT2D eigenvalue weighted by atomic mass is 9.96. The van der Waals surface area contributed by atoms with Crippen LogP contribution in [0.3, 0.4) is 0 Å². The molecule has 0 radical (unpaired) electrons. The molecular weight excluding hydrogens is 437 g/mol. The quantitative estimate of drug-likeness (QED) is 0.495. The van der Waals surface area contributed by atoms with Crippen LogP contribution in [0.1, 0.15) is 29.1 Å². The van der Waals surface area contributed by atoms with Crippen molar-refractivity contribution in [2.75, 3.05) is 25.0 Å². The third kappa shape index (κ3) is 5.74. The maximum absolute atomic E-state index is 13.1. The molecule has 0 saturated carbocycles. The molecule has 2 aromatic carbocycles. The molecule has 176 valence electrons. The number of nitrogens with one attached hydrogen (secondary N) is 2. The second-order valence-electron chi connectivity index (χ2n) is 8.13. The maximum atomic E-state index is 13.1. The number of carbonyl (C=O) groups excluding carboxylic acids is 2. The van der Waals surface area contributed by atoms with Crippen LogP contribution in [0.2, 0.25) is 0 Å². The monoisotopic (exact) mass is 463 g/mol. The van der Waals surface area contributed by atoms with Crippen molar-refractivity contribution in [2.45, 2.75) is 19.4 Å². The highest BCUT2D eigenvalue weighted by Crippen LogP contribution is 2.23. The van der Waals surface area contributed by atoms with Crippen molar-refractivity contribution < 1.29 is 18.5 Å². The van der Waals surface area contributed by atoms with E-state index in [2.05, 4.69) is 32.3 Å². The van der Waals surface area contributed by atoms with Crippen LogP contribution in [0.15, 0.2) is 65.7 Å². The topological polar surface area (TPSA) is 100 Å². The first-order valence-corrected chi connectivity index (χ1v) is 11.1. The summed E-state index contributed by atoms with van der Waals surface area (Å²) in [5.74, 6) is -0.138. The Bertz CT molecular complexity index is 1160. The normalized spacial score (nSPS) is 16.1. The maximum Gasteiger partial charge on any atom is 0.253 e. The van der Waals surface area contributed by atoms with Crippen LogP contribution in [0, 0.1) is 11.7 Å². The van der Waals surface area contributed by atoms with E-state index >= 15 is 0 Å². The van der Waals surface area contributed by atoms with Crippen molar-refractivity contribution in [1.82, 2.24) is 20.4 Å². The Morgan fingerprint density at radius 1 is 1.21 bits per heavy atom. The van der Waals surface area contributed by atoms with Gasteiger partial charge in [0, 0.05) is 18.7 Å². The second kappa shape index (κ2) is 10.8. The van der Waals surface area contributed by atoms with Gasteiger partial charge in [-0.05, 0) is 55.8 Å². The standard InChI is InChI=1S/C25H26FN5O3/c1-2-13-27-25(33)20-7-3-4-8-21(20)28-24(32)18-6-5-14-31(15-18)16-22-29-23(30-34-22)17-9-11-19(26)12-10-17/h2-4,7-12,18H,1,5-6,13-16H2,(H,27,33)(H,28,32). The van der Waals surface area contributed by atoms with Crippen LogP contribution in [-0.4, -0.2) is 46.5 Å². The van der Waals surface area contributed by atoms with E-state index in [0.29, 0.717) is 48.2 Å². The first-order valence-electron chi connectivity index (χ1n) is 11.1. The zero-order valence-corrected chi connectivity index (χ0v) is 18.7. The predicted octanol–water partition coefficient (Wildman–Crippen LogP) is 3.64. The van der Waals surface area contributed by atoms with Crippen molar-refractivity contribution in [3.63, 3.8) is 0 Å². The molecule has 2 amide bonds. The molecule has 1 unspecified atom stereocenters. The summed E-state index contributed by atoms with van der Waals surface area (Å²) in [6.45, 7) is 5.69. The number of nitrogens with zero attached hydrogens (tertiary/aromatic N) is 3. The van der Waals surface area contributed by atoms with Gasteiger partial charge < -0.3 is 15.2 Å². The van der Waals surface area contributed by atoms with Gasteiger partial charge in [0.1, 0.15) is 5.82 Å². The molecule has 1 aliphatic rings. The zero-order chi connectivity index (χ0) is 23.9. The molecule has 4 rings (SSSR count). The summed E-state index contributed by atoms with van der Waals surface area (Å²) >= 11 is 0. The highest BCUT2D eigenvalue weighted by atomic mass is 19.1. The third-order valence-electron chi connectivity index (χ3n) is 5.64. The Balaban J connectivity index is 1.37. The Morgan fingerprint density at radius 3 is 2.79 bits per heavy atom. The van der Waals surface area contributed by atoms with E-state index in [-0.39, 0.29) is 23.5 Å². The molecule has 1 saturated heterocycles. The summed E-state index contributed by atoms with van der Waals surface area (Å²) in [7, 11) is 0. The number of anilines is 1. The molecule has 0 aliphatic carbocycles. The van der Waals surface area contributed by atoms with E-state index in [1.807, 2.05) is 0 Å². The summed E-state index contributed by atoms with van der Waals surface area (Å²) in [6.07, 6.45) is 3.19. The van der Waals surface area contributed by atoms with Crippen LogP contribution in [0.25, 0.3) is 11.4 Å². The van der Waals surface area contributed by atoms with Gasteiger partial charge in [-0.1, -0.05) is 23.4 Å². The smallest absolute Gasteiger partial charge is 0.253 e. The number of hydrogen-bond acceptors (Lipinski definition) is 6. The van der Waals surface area contributed by atoms with E-state index in [4.69, 9.17) is 4.52 Å². The van der Waals surface area contributed by atoms with Crippen molar-refractivity contribution in [3.05, 3.63) is 78.5 Å². The lowest BCUT2D eigenvalue weighted by Crippen LogP contribution is -2.40. The van der Waals surface area contributed by atoms with Gasteiger partial charge in [-0.15, -0.1) is 6.58 Å². The molecule has 2 N–H and O–H groups in total. The molecule has 1 aliphatic heterocycles. The second-order valence-corrected chi connectivity index (χ2v) is 8.13. The minimum absolute atomic E-state index is 0.133. The number of para-hydroxylation sites is 1. The number of piperidine rings is 1. The molecule has 1 atom stereocenters. The van der Waals surface area contributed by atoms with Gasteiger partial charge >= 0.3 is 0 Å². The molecule has 2 heterocycles. The van der Waals surface area contributed by atoms with Crippen molar-refractivity contribution >= 4 is 17.5 Å². The fourth-order valence-electron chi connectivity index (χ4n) is 3.92. The lowest BCUT2D eigenvalue weighted by Gasteiger charge is -2.31. The van der Waals surface area contributed by atoms with E-state index in [1.54, 1.807) is 42.5 Å². The average Bonchev–Trinajstić information content (AvgIpc) is 3.32. The first-order chi connectivity index (χ1) is 16.5. The number of carbonyl (C=O) groups is 2. The highest BCUT2D eigenvalue weighted by molar-refractivity contribution is 6.04. The number of likely N-dealkylation sites (tertiary alicyclic amines) is 1. The fraction of sp³-hybridized carbons (Fsp3) is 0.280. The molecule has 1 aromatic heterocycles. The van der Waals surface area contributed by atoms with Crippen molar-refractivity contribution in [2.24, 2.45) is 5.92 Å². The largest absolute Gasteiger partial charge is 0.349 e. The molecule has 34 heavy (non-hydrogen) atoms. The molecule has 0 bridgehead atoms. The van der Waals surface area contributed by atoms with Crippen molar-refractivity contribution in [3.8, 4) is 11.4 Å². The summed E-state index contributed by atoms with van der Waals surface area (Å²) < 4.78 is 18.5. The number of hydrogen-bond donors (Lipinski definition) is 2. The van der Waals surface area contributed by atoms with E-state index in [1.165, 1.54) is 12.1 Å². The van der Waals surface area contributed by atoms with Crippen LogP contribution in [0.5, 0.6) is 0 Å². The van der Waals surface area contributed by atoms with Gasteiger partial charge in [-0.3, -0.25) is 14.5 Å². The van der Waals surface area contributed by atoms with E-state index < -0.39 is 0 Å².